The molecule has 3 N–H and O–H groups in total. The molecule has 134 valence electrons. The maximum absolute atomic E-state index is 12.4. The number of aromatic nitrogens is 2. The number of rotatable bonds is 5. The highest BCUT2D eigenvalue weighted by Gasteiger charge is 2.32. The molecule has 0 fully saturated rings. The predicted octanol–water partition coefficient (Wildman–Crippen LogP) is 1.88. The second kappa shape index (κ2) is 6.85. The Balaban J connectivity index is 1.72. The Kier molecular flexibility index (Phi) is 4.78. The third-order valence-electron chi connectivity index (χ3n) is 3.60. The number of nitrogen functional groups attached to an aromatic ring is 1. The van der Waals surface area contributed by atoms with Crippen LogP contribution in [0.25, 0.3) is 0 Å². The van der Waals surface area contributed by atoms with Gasteiger partial charge < -0.3 is 20.1 Å². The van der Waals surface area contributed by atoms with Crippen LogP contribution in [-0.2, 0) is 16.1 Å². The zero-order valence-corrected chi connectivity index (χ0v) is 15.2. The lowest BCUT2D eigenvalue weighted by Gasteiger charge is -2.40. The Morgan fingerprint density at radius 3 is 3.04 bits per heavy atom. The summed E-state index contributed by atoms with van der Waals surface area (Å²) in [6, 6.07) is 5.45. The molecule has 25 heavy (non-hydrogen) atoms. The molecule has 0 atom stereocenters. The first kappa shape index (κ1) is 17.4. The molecule has 9 heteroatoms. The summed E-state index contributed by atoms with van der Waals surface area (Å²) in [6.07, 6.45) is 0. The smallest absolute Gasteiger partial charge is 0.245 e. The van der Waals surface area contributed by atoms with Crippen molar-refractivity contribution < 1.29 is 14.3 Å². The van der Waals surface area contributed by atoms with Crippen LogP contribution in [0.2, 0.25) is 0 Å². The van der Waals surface area contributed by atoms with E-state index in [1.54, 1.807) is 19.2 Å². The quantitative estimate of drug-likeness (QED) is 0.782. The van der Waals surface area contributed by atoms with Crippen molar-refractivity contribution in [3.63, 3.8) is 0 Å². The average Bonchev–Trinajstić information content (AvgIpc) is 2.92. The molecule has 0 spiro atoms. The summed E-state index contributed by atoms with van der Waals surface area (Å²) in [6.45, 7) is 5.10. The number of carbonyl (C=O) groups is 1. The van der Waals surface area contributed by atoms with Crippen molar-refractivity contribution in [1.29, 1.82) is 0 Å². The first-order chi connectivity index (χ1) is 11.9. The SMILES string of the molecule is COCc1nnc(NC(=O)CN2CC(C)(C)Oc3cc(N)ccc32)s1. The molecule has 0 saturated heterocycles. The number of amides is 1. The first-order valence-electron chi connectivity index (χ1n) is 7.81. The highest BCUT2D eigenvalue weighted by atomic mass is 32.1. The molecule has 1 amide bonds. The lowest BCUT2D eigenvalue weighted by molar-refractivity contribution is -0.115. The number of ether oxygens (including phenoxy) is 2. The lowest BCUT2D eigenvalue weighted by Crippen LogP contribution is -2.49. The maximum Gasteiger partial charge on any atom is 0.245 e. The van der Waals surface area contributed by atoms with Crippen LogP contribution in [0.1, 0.15) is 18.9 Å². The van der Waals surface area contributed by atoms with Gasteiger partial charge in [0.05, 0.1) is 18.8 Å². The molecule has 8 nitrogen and oxygen atoms in total. The second-order valence-electron chi connectivity index (χ2n) is 6.43. The number of methoxy groups -OCH3 is 1. The molecule has 0 bridgehead atoms. The third kappa shape index (κ3) is 4.18. The predicted molar refractivity (Wildman–Crippen MR) is 97.0 cm³/mol. The van der Waals surface area contributed by atoms with Crippen molar-refractivity contribution in [3.05, 3.63) is 23.2 Å². The zero-order chi connectivity index (χ0) is 18.0. The summed E-state index contributed by atoms with van der Waals surface area (Å²) in [7, 11) is 1.59. The largest absolute Gasteiger partial charge is 0.484 e. The molecule has 3 rings (SSSR count). The Bertz CT molecular complexity index is 777. The number of fused-ring (bicyclic) bond motifs is 1. The van der Waals surface area contributed by atoms with E-state index in [2.05, 4.69) is 15.5 Å². The number of nitrogens with zero attached hydrogens (tertiary/aromatic N) is 3. The first-order valence-corrected chi connectivity index (χ1v) is 8.62. The Hall–Kier alpha value is -2.39. The van der Waals surface area contributed by atoms with Crippen LogP contribution in [0.4, 0.5) is 16.5 Å². The van der Waals surface area contributed by atoms with Gasteiger partial charge >= 0.3 is 0 Å². The highest BCUT2D eigenvalue weighted by Crippen LogP contribution is 2.38. The van der Waals surface area contributed by atoms with E-state index < -0.39 is 5.60 Å². The molecule has 1 aliphatic heterocycles. The highest BCUT2D eigenvalue weighted by molar-refractivity contribution is 7.15. The number of hydrogen-bond acceptors (Lipinski definition) is 8. The third-order valence-corrected chi connectivity index (χ3v) is 4.41. The van der Waals surface area contributed by atoms with E-state index in [0.717, 1.165) is 5.69 Å². The molecule has 1 aliphatic rings. The van der Waals surface area contributed by atoms with Gasteiger partial charge in [0.1, 0.15) is 23.0 Å². The van der Waals surface area contributed by atoms with E-state index in [-0.39, 0.29) is 12.5 Å². The van der Waals surface area contributed by atoms with Gasteiger partial charge in [-0.1, -0.05) is 11.3 Å². The molecule has 1 aromatic heterocycles. The van der Waals surface area contributed by atoms with Crippen LogP contribution in [0.3, 0.4) is 0 Å². The Morgan fingerprint density at radius 1 is 1.48 bits per heavy atom. The molecule has 0 aliphatic carbocycles. The molecular weight excluding hydrogens is 342 g/mol. The van der Waals surface area contributed by atoms with Crippen LogP contribution in [-0.4, -0.2) is 41.9 Å². The van der Waals surface area contributed by atoms with Crippen LogP contribution in [0.5, 0.6) is 5.75 Å². The van der Waals surface area contributed by atoms with E-state index in [0.29, 0.717) is 34.7 Å². The maximum atomic E-state index is 12.4. The zero-order valence-electron chi connectivity index (χ0n) is 14.4. The fourth-order valence-electron chi connectivity index (χ4n) is 2.71. The van der Waals surface area contributed by atoms with Crippen LogP contribution < -0.4 is 20.7 Å². The summed E-state index contributed by atoms with van der Waals surface area (Å²) in [5.41, 5.74) is 6.90. The van der Waals surface area contributed by atoms with Gasteiger partial charge in [0.2, 0.25) is 11.0 Å². The second-order valence-corrected chi connectivity index (χ2v) is 7.49. The minimum Gasteiger partial charge on any atom is -0.484 e. The minimum atomic E-state index is -0.421. The van der Waals surface area contributed by atoms with Gasteiger partial charge in [-0.3, -0.25) is 10.1 Å². The molecule has 0 radical (unpaired) electrons. The van der Waals surface area contributed by atoms with Gasteiger partial charge in [0.15, 0.2) is 0 Å². The molecule has 2 heterocycles. The van der Waals surface area contributed by atoms with Gasteiger partial charge in [0, 0.05) is 18.9 Å². The van der Waals surface area contributed by atoms with Crippen molar-refractivity contribution in [2.45, 2.75) is 26.1 Å². The van der Waals surface area contributed by atoms with Crippen LogP contribution in [0.15, 0.2) is 18.2 Å². The molecular formula is C16H21N5O3S. The monoisotopic (exact) mass is 363 g/mol. The fraction of sp³-hybridized carbons (Fsp3) is 0.438. The van der Waals surface area contributed by atoms with Crippen molar-refractivity contribution in [3.8, 4) is 5.75 Å². The summed E-state index contributed by atoms with van der Waals surface area (Å²) >= 11 is 1.30. The molecule has 0 saturated carbocycles. The fourth-order valence-corrected chi connectivity index (χ4v) is 3.44. The van der Waals surface area contributed by atoms with Crippen molar-refractivity contribution in [1.82, 2.24) is 10.2 Å². The number of carbonyl (C=O) groups excluding carboxylic acids is 1. The average molecular weight is 363 g/mol. The Labute approximate surface area is 149 Å². The van der Waals surface area contributed by atoms with Gasteiger partial charge in [-0.15, -0.1) is 10.2 Å². The topological polar surface area (TPSA) is 103 Å². The van der Waals surface area contributed by atoms with Crippen molar-refractivity contribution >= 4 is 33.8 Å². The number of anilines is 3. The van der Waals surface area contributed by atoms with Gasteiger partial charge in [-0.05, 0) is 26.0 Å². The van der Waals surface area contributed by atoms with Gasteiger partial charge in [-0.2, -0.15) is 0 Å². The van der Waals surface area contributed by atoms with Gasteiger partial charge in [-0.25, -0.2) is 0 Å². The molecule has 1 aromatic carbocycles. The summed E-state index contributed by atoms with van der Waals surface area (Å²) in [5.74, 6) is 0.517. The number of nitrogens with one attached hydrogen (secondary N) is 1. The summed E-state index contributed by atoms with van der Waals surface area (Å²) < 4.78 is 11.0. The van der Waals surface area contributed by atoms with Crippen molar-refractivity contribution in [2.24, 2.45) is 0 Å². The summed E-state index contributed by atoms with van der Waals surface area (Å²) in [5, 5.41) is 11.9. The number of hydrogen-bond donors (Lipinski definition) is 2. The Morgan fingerprint density at radius 2 is 2.28 bits per heavy atom. The van der Waals surface area contributed by atoms with Gasteiger partial charge in [0.25, 0.3) is 0 Å². The number of benzene rings is 1. The lowest BCUT2D eigenvalue weighted by atomic mass is 10.0. The standard InChI is InChI=1S/C16H21N5O3S/c1-16(2)9-21(11-5-4-10(17)6-12(11)24-16)7-13(22)18-15-20-19-14(25-15)8-23-3/h4-6H,7-9,17H2,1-3H3,(H,18,20,22). The van der Waals surface area contributed by atoms with E-state index in [9.17, 15) is 4.79 Å². The van der Waals surface area contributed by atoms with E-state index >= 15 is 0 Å². The van der Waals surface area contributed by atoms with E-state index in [1.165, 1.54) is 11.3 Å². The van der Waals surface area contributed by atoms with E-state index in [4.69, 9.17) is 15.2 Å². The van der Waals surface area contributed by atoms with Crippen molar-refractivity contribution in [2.75, 3.05) is 36.1 Å². The number of nitrogens with two attached hydrogens (primary N) is 1. The van der Waals surface area contributed by atoms with E-state index in [1.807, 2.05) is 24.8 Å². The summed E-state index contributed by atoms with van der Waals surface area (Å²) in [4.78, 5) is 14.4. The van der Waals surface area contributed by atoms with Crippen LogP contribution in [0, 0.1) is 0 Å². The molecule has 0 unspecified atom stereocenters. The normalized spacial score (nSPS) is 15.4. The van der Waals surface area contributed by atoms with Crippen LogP contribution >= 0.6 is 11.3 Å². The molecule has 2 aromatic rings. The minimum absolute atomic E-state index is 0.166.